The van der Waals surface area contributed by atoms with E-state index in [2.05, 4.69) is 17.1 Å². The van der Waals surface area contributed by atoms with E-state index in [0.29, 0.717) is 19.0 Å². The molecule has 0 saturated carbocycles. The average molecular weight is 380 g/mol. The van der Waals surface area contributed by atoms with Gasteiger partial charge in [0.05, 0.1) is 0 Å². The number of carbonyl (C=O) groups is 1. The number of amides is 1. The van der Waals surface area contributed by atoms with Crippen LogP contribution in [0.5, 0.6) is 0 Å². The van der Waals surface area contributed by atoms with E-state index in [1.807, 2.05) is 42.1 Å². The van der Waals surface area contributed by atoms with Crippen LogP contribution < -0.4 is 11.1 Å². The Kier molecular flexibility index (Phi) is 11.7. The van der Waals surface area contributed by atoms with Gasteiger partial charge in [0.15, 0.2) is 0 Å². The summed E-state index contributed by atoms with van der Waals surface area (Å²) in [5.41, 5.74) is 6.70. The van der Waals surface area contributed by atoms with Crippen LogP contribution in [0.2, 0.25) is 0 Å². The van der Waals surface area contributed by atoms with E-state index in [1.54, 1.807) is 0 Å². The van der Waals surface area contributed by atoms with Crippen LogP contribution in [-0.2, 0) is 4.79 Å². The average Bonchev–Trinajstić information content (AvgIpc) is 2.55. The fourth-order valence-corrected chi connectivity index (χ4v) is 3.39. The molecule has 1 saturated heterocycles. The van der Waals surface area contributed by atoms with Crippen LogP contribution in [0.15, 0.2) is 30.3 Å². The number of benzene rings is 1. The van der Waals surface area contributed by atoms with Gasteiger partial charge in [0, 0.05) is 31.1 Å². The van der Waals surface area contributed by atoms with Crippen molar-refractivity contribution in [3.63, 3.8) is 0 Å². The van der Waals surface area contributed by atoms with Gasteiger partial charge in [-0.3, -0.25) is 9.69 Å². The zero-order chi connectivity index (χ0) is 15.1. The number of thioether (sulfide) groups is 1. The van der Waals surface area contributed by atoms with E-state index in [4.69, 9.17) is 5.73 Å². The lowest BCUT2D eigenvalue weighted by Gasteiger charge is -2.33. The maximum Gasteiger partial charge on any atom is 0.241 e. The molecule has 1 amide bonds. The van der Waals surface area contributed by atoms with Crippen LogP contribution in [0.1, 0.15) is 18.5 Å². The number of nitrogens with two attached hydrogens (primary N) is 1. The van der Waals surface area contributed by atoms with Gasteiger partial charge < -0.3 is 11.1 Å². The Hall–Kier alpha value is -0.460. The van der Waals surface area contributed by atoms with E-state index in [-0.39, 0.29) is 36.8 Å². The highest BCUT2D eigenvalue weighted by atomic mass is 35.5. The highest BCUT2D eigenvalue weighted by molar-refractivity contribution is 7.99. The lowest BCUT2D eigenvalue weighted by Crippen LogP contribution is -2.45. The van der Waals surface area contributed by atoms with Crippen LogP contribution in [-0.4, -0.2) is 48.5 Å². The van der Waals surface area contributed by atoms with Crippen LogP contribution in [0.3, 0.4) is 0 Å². The molecule has 0 spiro atoms. The Balaban J connectivity index is 0.00000242. The van der Waals surface area contributed by atoms with Crippen LogP contribution in [0.4, 0.5) is 0 Å². The predicted molar refractivity (Wildman–Crippen MR) is 104 cm³/mol. The number of carbonyl (C=O) groups excluding carboxylic acids is 1. The molecule has 0 aliphatic carbocycles. The SMILES string of the molecule is CC(CN)CNC(=O)C(c1ccccc1)N1CCSCC1.Cl.Cl. The van der Waals surface area contributed by atoms with E-state index >= 15 is 0 Å². The van der Waals surface area contributed by atoms with E-state index < -0.39 is 0 Å². The molecule has 1 aromatic rings. The van der Waals surface area contributed by atoms with Gasteiger partial charge in [-0.2, -0.15) is 11.8 Å². The lowest BCUT2D eigenvalue weighted by molar-refractivity contribution is -0.126. The summed E-state index contributed by atoms with van der Waals surface area (Å²) in [6.07, 6.45) is 0. The molecule has 1 heterocycles. The number of rotatable bonds is 6. The van der Waals surface area contributed by atoms with Gasteiger partial charge in [-0.15, -0.1) is 24.8 Å². The highest BCUT2D eigenvalue weighted by Gasteiger charge is 2.28. The Bertz CT molecular complexity index is 444. The van der Waals surface area contributed by atoms with Crippen LogP contribution in [0.25, 0.3) is 0 Å². The highest BCUT2D eigenvalue weighted by Crippen LogP contribution is 2.24. The molecule has 23 heavy (non-hydrogen) atoms. The zero-order valence-corrected chi connectivity index (χ0v) is 15.9. The van der Waals surface area contributed by atoms with Gasteiger partial charge in [0.1, 0.15) is 6.04 Å². The second kappa shape index (κ2) is 12.0. The summed E-state index contributed by atoms with van der Waals surface area (Å²) in [5, 5.41) is 3.06. The van der Waals surface area contributed by atoms with Crippen molar-refractivity contribution in [1.29, 1.82) is 0 Å². The predicted octanol–water partition coefficient (Wildman–Crippen LogP) is 2.33. The minimum Gasteiger partial charge on any atom is -0.354 e. The number of halogens is 2. The number of nitrogens with one attached hydrogen (secondary N) is 1. The van der Waals surface area contributed by atoms with Crippen molar-refractivity contribution in [2.45, 2.75) is 13.0 Å². The normalized spacial score (nSPS) is 17.3. The molecule has 2 atom stereocenters. The smallest absolute Gasteiger partial charge is 0.241 e. The first kappa shape index (κ1) is 22.5. The van der Waals surface area contributed by atoms with Gasteiger partial charge >= 0.3 is 0 Å². The maximum absolute atomic E-state index is 12.7. The van der Waals surface area contributed by atoms with E-state index in [9.17, 15) is 4.79 Å². The molecular weight excluding hydrogens is 353 g/mol. The molecular formula is C16H27Cl2N3OS. The van der Waals surface area contributed by atoms with Gasteiger partial charge in [0.2, 0.25) is 5.91 Å². The topological polar surface area (TPSA) is 58.4 Å². The fourth-order valence-electron chi connectivity index (χ4n) is 2.45. The molecule has 0 aromatic heterocycles. The number of hydrogen-bond donors (Lipinski definition) is 2. The molecule has 2 rings (SSSR count). The standard InChI is InChI=1S/C16H25N3OS.2ClH/c1-13(11-17)12-18-16(20)15(14-5-3-2-4-6-14)19-7-9-21-10-8-19;;/h2-6,13,15H,7-12,17H2,1H3,(H,18,20);2*1H. The summed E-state index contributed by atoms with van der Waals surface area (Å²) in [6.45, 7) is 5.21. The van der Waals surface area contributed by atoms with Gasteiger partial charge in [-0.1, -0.05) is 37.3 Å². The molecule has 0 radical (unpaired) electrons. The molecule has 1 aliphatic rings. The van der Waals surface area contributed by atoms with Crippen LogP contribution in [0, 0.1) is 5.92 Å². The largest absolute Gasteiger partial charge is 0.354 e. The Morgan fingerprint density at radius 2 is 1.87 bits per heavy atom. The fraction of sp³-hybridized carbons (Fsp3) is 0.562. The minimum atomic E-state index is -0.183. The molecule has 1 aliphatic heterocycles. The van der Waals surface area contributed by atoms with Gasteiger partial charge in [-0.05, 0) is 18.0 Å². The molecule has 1 aromatic carbocycles. The third-order valence-electron chi connectivity index (χ3n) is 3.80. The summed E-state index contributed by atoms with van der Waals surface area (Å²) in [5.74, 6) is 2.58. The van der Waals surface area contributed by atoms with Crippen molar-refractivity contribution in [2.24, 2.45) is 11.7 Å². The lowest BCUT2D eigenvalue weighted by atomic mass is 10.0. The van der Waals surface area contributed by atoms with Gasteiger partial charge in [0.25, 0.3) is 0 Å². The molecule has 3 N–H and O–H groups in total. The third-order valence-corrected chi connectivity index (χ3v) is 4.74. The van der Waals surface area contributed by atoms with Crippen molar-refractivity contribution in [3.8, 4) is 0 Å². The van der Waals surface area contributed by atoms with E-state index in [0.717, 1.165) is 30.2 Å². The third kappa shape index (κ3) is 6.89. The molecule has 7 heteroatoms. The molecule has 4 nitrogen and oxygen atoms in total. The van der Waals surface area contributed by atoms with Crippen LogP contribution >= 0.6 is 36.6 Å². The van der Waals surface area contributed by atoms with E-state index in [1.165, 1.54) is 0 Å². The quantitative estimate of drug-likeness (QED) is 0.796. The first-order valence-electron chi connectivity index (χ1n) is 7.57. The Morgan fingerprint density at radius 1 is 1.26 bits per heavy atom. The number of hydrogen-bond acceptors (Lipinski definition) is 4. The summed E-state index contributed by atoms with van der Waals surface area (Å²) in [7, 11) is 0. The second-order valence-electron chi connectivity index (χ2n) is 5.55. The maximum atomic E-state index is 12.7. The van der Waals surface area contributed by atoms with Gasteiger partial charge in [-0.25, -0.2) is 0 Å². The molecule has 2 unspecified atom stereocenters. The second-order valence-corrected chi connectivity index (χ2v) is 6.77. The van der Waals surface area contributed by atoms with Crippen molar-refractivity contribution >= 4 is 42.5 Å². The van der Waals surface area contributed by atoms with Crippen molar-refractivity contribution in [1.82, 2.24) is 10.2 Å². The molecule has 1 fully saturated rings. The van der Waals surface area contributed by atoms with Crippen molar-refractivity contribution in [2.75, 3.05) is 37.7 Å². The Morgan fingerprint density at radius 3 is 2.43 bits per heavy atom. The number of nitrogens with zero attached hydrogens (tertiary/aromatic N) is 1. The zero-order valence-electron chi connectivity index (χ0n) is 13.4. The van der Waals surface area contributed by atoms with Crippen molar-refractivity contribution in [3.05, 3.63) is 35.9 Å². The first-order chi connectivity index (χ1) is 10.2. The first-order valence-corrected chi connectivity index (χ1v) is 8.72. The molecule has 0 bridgehead atoms. The Labute approximate surface area is 155 Å². The van der Waals surface area contributed by atoms with Crippen molar-refractivity contribution < 1.29 is 4.79 Å². The summed E-state index contributed by atoms with van der Waals surface area (Å²) in [6, 6.07) is 9.88. The summed E-state index contributed by atoms with van der Waals surface area (Å²) < 4.78 is 0. The monoisotopic (exact) mass is 379 g/mol. The molecule has 132 valence electrons. The summed E-state index contributed by atoms with van der Waals surface area (Å²) >= 11 is 1.95. The summed E-state index contributed by atoms with van der Waals surface area (Å²) in [4.78, 5) is 14.9. The minimum absolute atomic E-state index is 0.